The molecule has 3 aromatic carbocycles. The molecule has 1 fully saturated rings. The second kappa shape index (κ2) is 23.6. The van der Waals surface area contributed by atoms with Crippen LogP contribution < -0.4 is 14.3 Å². The average Bonchev–Trinajstić information content (AvgIpc) is 3.14. The molecule has 2 unspecified atom stereocenters. The number of carbonyl (C=O) groups excluding carboxylic acids is 2. The maximum atomic E-state index is 12.6. The van der Waals surface area contributed by atoms with Crippen molar-refractivity contribution < 1.29 is 28.9 Å². The molecule has 0 aromatic heterocycles. The van der Waals surface area contributed by atoms with Crippen LogP contribution in [0.15, 0.2) is 72.8 Å². The Balaban J connectivity index is 0.000000419. The van der Waals surface area contributed by atoms with Gasteiger partial charge in [-0.3, -0.25) is 19.0 Å². The van der Waals surface area contributed by atoms with E-state index in [4.69, 9.17) is 4.74 Å². The van der Waals surface area contributed by atoms with Crippen LogP contribution in [0.1, 0.15) is 86.8 Å². The van der Waals surface area contributed by atoms with E-state index in [9.17, 15) is 24.2 Å². The van der Waals surface area contributed by atoms with Crippen LogP contribution >= 0.6 is 23.9 Å². The van der Waals surface area contributed by atoms with Crippen LogP contribution in [0.4, 0.5) is 10.1 Å². The second-order valence-electron chi connectivity index (χ2n) is 12.9. The van der Waals surface area contributed by atoms with Gasteiger partial charge in [0.2, 0.25) is 5.91 Å². The normalized spacial score (nSPS) is 14.6. The highest BCUT2D eigenvalue weighted by Gasteiger charge is 2.38. The van der Waals surface area contributed by atoms with E-state index in [0.717, 1.165) is 56.4 Å². The molecule has 2 atom stereocenters. The smallest absolute Gasteiger partial charge is 0.303 e. The molecule has 1 amide bonds. The number of esters is 1. The topological polar surface area (TPSA) is 111 Å². The number of rotatable bonds is 21. The summed E-state index contributed by atoms with van der Waals surface area (Å²) in [6.07, 6.45) is 11.2. The lowest BCUT2D eigenvalue weighted by molar-refractivity contribution is -0.146. The fourth-order valence-electron chi connectivity index (χ4n) is 6.11. The van der Waals surface area contributed by atoms with Gasteiger partial charge >= 0.3 is 5.97 Å². The summed E-state index contributed by atoms with van der Waals surface area (Å²) >= 11 is 3.36. The van der Waals surface area contributed by atoms with Crippen molar-refractivity contribution in [3.05, 3.63) is 101 Å². The largest absolute Gasteiger partial charge is 0.458 e. The molecule has 1 heterocycles. The number of aliphatic hydroxyl groups excluding tert-OH is 2. The van der Waals surface area contributed by atoms with Gasteiger partial charge in [-0.1, -0.05) is 79.4 Å². The third-order valence-electron chi connectivity index (χ3n) is 9.15. The van der Waals surface area contributed by atoms with Gasteiger partial charge in [0, 0.05) is 44.8 Å². The number of carbonyl (C=O) groups is 2. The van der Waals surface area contributed by atoms with Gasteiger partial charge in [0.15, 0.2) is 0 Å². The summed E-state index contributed by atoms with van der Waals surface area (Å²) in [5.74, 6) is 0.156. The number of hydrogen-bond acceptors (Lipinski definition) is 9. The average molecular weight is 742 g/mol. The lowest BCUT2D eigenvalue weighted by atomic mass is 9.91. The minimum absolute atomic E-state index is 0.0262. The molecule has 0 aliphatic carbocycles. The number of hydrogen-bond donors (Lipinski definition) is 4. The number of aliphatic hydroxyl groups is 2. The summed E-state index contributed by atoms with van der Waals surface area (Å²) in [7, 11) is 0. The van der Waals surface area contributed by atoms with Crippen molar-refractivity contribution in [3.63, 3.8) is 0 Å². The van der Waals surface area contributed by atoms with Crippen LogP contribution in [0.25, 0.3) is 0 Å². The predicted octanol–water partition coefficient (Wildman–Crippen LogP) is 7.60. The van der Waals surface area contributed by atoms with Crippen molar-refractivity contribution >= 4 is 41.5 Å². The molecule has 0 bridgehead atoms. The molecule has 1 aliphatic rings. The molecular weight excluding hydrogens is 686 g/mol. The lowest BCUT2D eigenvalue weighted by Gasteiger charge is -2.41. The Kier molecular flexibility index (Phi) is 19.7. The van der Waals surface area contributed by atoms with Crippen LogP contribution in [0.5, 0.6) is 0 Å². The van der Waals surface area contributed by atoms with Gasteiger partial charge in [-0.25, -0.2) is 4.39 Å². The van der Waals surface area contributed by atoms with Gasteiger partial charge in [0.1, 0.15) is 11.9 Å². The molecule has 0 saturated carbocycles. The van der Waals surface area contributed by atoms with E-state index in [1.807, 2.05) is 11.8 Å². The molecule has 8 nitrogen and oxygen atoms in total. The van der Waals surface area contributed by atoms with Gasteiger partial charge < -0.3 is 19.8 Å². The van der Waals surface area contributed by atoms with Gasteiger partial charge in [-0.2, -0.15) is 0 Å². The van der Waals surface area contributed by atoms with E-state index >= 15 is 0 Å². The lowest BCUT2D eigenvalue weighted by Crippen LogP contribution is -2.46. The molecule has 1 aliphatic heterocycles. The van der Waals surface area contributed by atoms with Gasteiger partial charge in [-0.05, 0) is 110 Å². The fraction of sp³-hybridized carbons (Fsp3) is 0.500. The first-order valence-corrected chi connectivity index (χ1v) is 20.3. The van der Waals surface area contributed by atoms with Crippen molar-refractivity contribution in [3.8, 4) is 0 Å². The van der Waals surface area contributed by atoms with E-state index in [2.05, 4.69) is 70.5 Å². The Morgan fingerprint density at radius 1 is 0.863 bits per heavy atom. The zero-order valence-corrected chi connectivity index (χ0v) is 32.1. The molecular formula is C40H56FN3O5S2. The summed E-state index contributed by atoms with van der Waals surface area (Å²) in [6, 6.07) is 23.2. The van der Waals surface area contributed by atoms with Crippen LogP contribution in [0.3, 0.4) is 0 Å². The highest BCUT2D eigenvalue weighted by Crippen LogP contribution is 2.39. The second-order valence-corrected chi connectivity index (χ2v) is 14.3. The number of nitrogens with zero attached hydrogens (tertiary/aromatic N) is 1. The van der Waals surface area contributed by atoms with Crippen molar-refractivity contribution in [2.24, 2.45) is 11.8 Å². The number of anilines is 1. The van der Waals surface area contributed by atoms with Crippen LogP contribution in [-0.4, -0.2) is 60.9 Å². The zero-order chi connectivity index (χ0) is 37.0. The Labute approximate surface area is 312 Å². The zero-order valence-electron chi connectivity index (χ0n) is 30.5. The molecule has 4 N–H and O–H groups in total. The maximum absolute atomic E-state index is 12.6. The van der Waals surface area contributed by atoms with Gasteiger partial charge in [0.25, 0.3) is 0 Å². The summed E-state index contributed by atoms with van der Waals surface area (Å²) in [5.41, 5.74) is 5.52. The molecule has 3 aromatic rings. The SMILES string of the molecule is CCC(OC(C)=O)c1ccc(F)cc1.CSNCC(CCCc1ccc(N2C(=O)CC2c2ccc(CCCC(CO)CO)cc2)cc1)CNSC. The standard InChI is InChI=1S/C29H43N3O3S2.C11H13FO2/c1-36-30-18-24(19-31-37-2)7-3-5-23-11-15-27(16-12-23)32-28(17-29(32)35)26-13-9-22(10-14-26)6-4-8-25(20-33)21-34;1-3-11(14-8(2)13)9-4-6-10(12)7-5-9/h9-16,24-25,28,30-31,33-34H,3-8,17-21H2,1-2H3;4-7,11H,3H2,1-2H3. The molecule has 0 radical (unpaired) electrons. The molecule has 0 spiro atoms. The highest BCUT2D eigenvalue weighted by atomic mass is 32.2. The van der Waals surface area contributed by atoms with Crippen LogP contribution in [-0.2, 0) is 27.2 Å². The Bertz CT molecular complexity index is 1420. The van der Waals surface area contributed by atoms with Crippen LogP contribution in [0.2, 0.25) is 0 Å². The highest BCUT2D eigenvalue weighted by molar-refractivity contribution is 7.96. The van der Waals surface area contributed by atoms with Crippen molar-refractivity contribution in [1.29, 1.82) is 0 Å². The number of nitrogens with one attached hydrogen (secondary N) is 2. The number of aryl methyl sites for hydroxylation is 2. The molecule has 280 valence electrons. The van der Waals surface area contributed by atoms with Crippen LogP contribution in [0, 0.1) is 17.7 Å². The van der Waals surface area contributed by atoms with Gasteiger partial charge in [-0.15, -0.1) is 0 Å². The van der Waals surface area contributed by atoms with E-state index in [-0.39, 0.29) is 49.0 Å². The monoisotopic (exact) mass is 741 g/mol. The van der Waals surface area contributed by atoms with E-state index in [1.54, 1.807) is 36.0 Å². The summed E-state index contributed by atoms with van der Waals surface area (Å²) in [4.78, 5) is 25.2. The molecule has 11 heteroatoms. The Hall–Kier alpha value is -2.93. The van der Waals surface area contributed by atoms with E-state index in [1.165, 1.54) is 42.2 Å². The minimum atomic E-state index is -0.318. The third kappa shape index (κ3) is 14.5. The first kappa shape index (κ1) is 42.5. The molecule has 1 saturated heterocycles. The fourth-order valence-corrected chi connectivity index (χ4v) is 6.92. The first-order valence-electron chi connectivity index (χ1n) is 17.9. The maximum Gasteiger partial charge on any atom is 0.303 e. The quantitative estimate of drug-likeness (QED) is 0.0499. The summed E-state index contributed by atoms with van der Waals surface area (Å²) in [6.45, 7) is 5.38. The Morgan fingerprint density at radius 2 is 1.39 bits per heavy atom. The van der Waals surface area contributed by atoms with E-state index < -0.39 is 0 Å². The number of amides is 1. The number of β-lactam (4-membered cyclic amide) rings is 1. The number of benzene rings is 3. The minimum Gasteiger partial charge on any atom is -0.458 e. The van der Waals surface area contributed by atoms with Gasteiger partial charge in [0.05, 0.1) is 12.5 Å². The summed E-state index contributed by atoms with van der Waals surface area (Å²) in [5, 5.41) is 18.4. The summed E-state index contributed by atoms with van der Waals surface area (Å²) < 4.78 is 24.5. The molecule has 51 heavy (non-hydrogen) atoms. The molecule has 4 rings (SSSR count). The number of ether oxygens (including phenoxy) is 1. The third-order valence-corrected chi connectivity index (χ3v) is 10.1. The van der Waals surface area contributed by atoms with E-state index in [0.29, 0.717) is 18.8 Å². The predicted molar refractivity (Wildman–Crippen MR) is 209 cm³/mol. The van der Waals surface area contributed by atoms with Crippen molar-refractivity contribution in [1.82, 2.24) is 9.44 Å². The van der Waals surface area contributed by atoms with Crippen molar-refractivity contribution in [2.75, 3.05) is 43.7 Å². The Morgan fingerprint density at radius 3 is 1.86 bits per heavy atom. The first-order chi connectivity index (χ1) is 24.7. The van der Waals surface area contributed by atoms with Crippen molar-refractivity contribution in [2.45, 2.75) is 77.4 Å². The number of halogens is 1.